The molecular formula is C21H30N4O5S. The van der Waals surface area contributed by atoms with Crippen LogP contribution in [0.5, 0.6) is 0 Å². The Bertz CT molecular complexity index is 949. The van der Waals surface area contributed by atoms with Gasteiger partial charge in [-0.1, -0.05) is 5.16 Å². The fourth-order valence-corrected chi connectivity index (χ4v) is 8.28. The zero-order valence-electron chi connectivity index (χ0n) is 17.5. The second-order valence-corrected chi connectivity index (χ2v) is 12.1. The van der Waals surface area contributed by atoms with Gasteiger partial charge in [0.2, 0.25) is 10.0 Å². The Morgan fingerprint density at radius 1 is 1.23 bits per heavy atom. The van der Waals surface area contributed by atoms with Crippen molar-refractivity contribution in [1.82, 2.24) is 20.1 Å². The normalized spacial score (nSPS) is 37.8. The summed E-state index contributed by atoms with van der Waals surface area (Å²) in [6, 6.07) is 1.72. The van der Waals surface area contributed by atoms with E-state index in [1.165, 1.54) is 0 Å². The van der Waals surface area contributed by atoms with E-state index in [1.807, 2.05) is 0 Å². The van der Waals surface area contributed by atoms with Gasteiger partial charge in [-0.05, 0) is 62.4 Å². The molecule has 5 fully saturated rings. The van der Waals surface area contributed by atoms with Gasteiger partial charge in [0, 0.05) is 24.7 Å². The van der Waals surface area contributed by atoms with Crippen LogP contribution >= 0.6 is 0 Å². The molecule has 1 unspecified atom stereocenters. The average Bonchev–Trinajstić information content (AvgIpc) is 2.97. The maximum atomic E-state index is 13.1. The van der Waals surface area contributed by atoms with Gasteiger partial charge < -0.3 is 19.9 Å². The van der Waals surface area contributed by atoms with E-state index in [0.717, 1.165) is 32.4 Å². The number of aromatic nitrogens is 1. The number of sulfonamides is 1. The number of nitrogens with zero attached hydrogens (tertiary/aromatic N) is 2. The lowest BCUT2D eigenvalue weighted by atomic mass is 10.0. The first-order chi connectivity index (χ1) is 15.0. The lowest BCUT2D eigenvalue weighted by molar-refractivity contribution is -0.00228. The van der Waals surface area contributed by atoms with Crippen molar-refractivity contribution in [1.29, 1.82) is 0 Å². The van der Waals surface area contributed by atoms with Crippen LogP contribution in [0.15, 0.2) is 10.6 Å². The number of piperidine rings is 1. The number of fused-ring (bicyclic) bond motifs is 2. The third-order valence-corrected chi connectivity index (χ3v) is 10.1. The Hall–Kier alpha value is -1.49. The molecule has 2 aliphatic carbocycles. The van der Waals surface area contributed by atoms with Gasteiger partial charge >= 0.3 is 0 Å². The molecule has 1 aromatic heterocycles. The number of ether oxygens (including phenoxy) is 1. The highest BCUT2D eigenvalue weighted by molar-refractivity contribution is 7.89. The Labute approximate surface area is 182 Å². The molecule has 2 N–H and O–H groups in total. The van der Waals surface area contributed by atoms with Crippen molar-refractivity contribution in [2.24, 2.45) is 23.7 Å². The van der Waals surface area contributed by atoms with Crippen molar-refractivity contribution in [3.05, 3.63) is 17.5 Å². The molecule has 1 aromatic rings. The van der Waals surface area contributed by atoms with Gasteiger partial charge in [-0.25, -0.2) is 8.42 Å². The quantitative estimate of drug-likeness (QED) is 0.651. The number of carbonyl (C=O) groups is 1. The minimum Gasteiger partial charge on any atom is -0.380 e. The molecule has 6 atom stereocenters. The number of hydrogen-bond donors (Lipinski definition) is 2. The monoisotopic (exact) mass is 450 g/mol. The van der Waals surface area contributed by atoms with Crippen molar-refractivity contribution in [2.45, 2.75) is 43.7 Å². The Morgan fingerprint density at radius 2 is 2.00 bits per heavy atom. The van der Waals surface area contributed by atoms with Gasteiger partial charge in [-0.2, -0.15) is 4.31 Å². The molecule has 0 spiro atoms. The summed E-state index contributed by atoms with van der Waals surface area (Å²) in [7, 11) is -3.25. The molecule has 10 heteroatoms. The molecule has 1 amide bonds. The maximum Gasteiger partial charge on any atom is 0.273 e. The van der Waals surface area contributed by atoms with Crippen LogP contribution in [0.4, 0.5) is 0 Å². The van der Waals surface area contributed by atoms with E-state index >= 15 is 0 Å². The lowest BCUT2D eigenvalue weighted by Crippen LogP contribution is -2.48. The largest absolute Gasteiger partial charge is 0.380 e. The molecule has 3 saturated heterocycles. The number of nitrogens with one attached hydrogen (secondary N) is 2. The third kappa shape index (κ3) is 3.71. The number of carbonyl (C=O) groups excluding carboxylic acids is 1. The van der Waals surface area contributed by atoms with E-state index in [1.54, 1.807) is 10.4 Å². The van der Waals surface area contributed by atoms with Gasteiger partial charge in [-0.15, -0.1) is 0 Å². The topological polar surface area (TPSA) is 114 Å². The summed E-state index contributed by atoms with van der Waals surface area (Å²) in [4.78, 5) is 12.6. The van der Waals surface area contributed by atoms with E-state index in [4.69, 9.17) is 9.26 Å². The predicted octanol–water partition coefficient (Wildman–Crippen LogP) is 0.556. The Balaban J connectivity index is 1.04. The number of amides is 1. The van der Waals surface area contributed by atoms with Crippen molar-refractivity contribution < 1.29 is 22.5 Å². The number of hydrogen-bond acceptors (Lipinski definition) is 7. The van der Waals surface area contributed by atoms with Gasteiger partial charge in [0.25, 0.3) is 5.91 Å². The molecule has 0 radical (unpaired) electrons. The molecule has 5 aliphatic rings. The highest BCUT2D eigenvalue weighted by Gasteiger charge is 2.54. The summed E-state index contributed by atoms with van der Waals surface area (Å²) in [6.45, 7) is 3.77. The van der Waals surface area contributed by atoms with E-state index < -0.39 is 10.0 Å². The SMILES string of the molecule is O=C(N[C@H]1CCN(S(=O)(=O)CC2C[C@H]3CNC[C@H]3C2)[C@@H]2C[C@H]12)c1cc(C2COC2)on1. The second-order valence-electron chi connectivity index (χ2n) is 10.1. The standard InChI is InChI=1S/C21H30N4O5S/c26-21(18-6-20(30-24-18)15-9-29-10-15)23-17-1-2-25(19-5-16(17)19)31(27,28)11-12-3-13-7-22-8-14(13)4-12/h6,12-17,19,22H,1-5,7-11H2,(H,23,26)/t12?,13-,14+,16-,17+,19-/m1/s1. The minimum atomic E-state index is -3.25. The second kappa shape index (κ2) is 7.54. The smallest absolute Gasteiger partial charge is 0.273 e. The molecule has 9 nitrogen and oxygen atoms in total. The molecule has 170 valence electrons. The van der Waals surface area contributed by atoms with Crippen LogP contribution in [-0.2, 0) is 14.8 Å². The Kier molecular flexibility index (Phi) is 4.90. The first-order valence-electron chi connectivity index (χ1n) is 11.5. The maximum absolute atomic E-state index is 13.1. The zero-order valence-corrected chi connectivity index (χ0v) is 18.4. The predicted molar refractivity (Wildman–Crippen MR) is 111 cm³/mol. The summed E-state index contributed by atoms with van der Waals surface area (Å²) in [5, 5.41) is 10.4. The summed E-state index contributed by atoms with van der Waals surface area (Å²) >= 11 is 0. The van der Waals surface area contributed by atoms with Gasteiger partial charge in [0.15, 0.2) is 5.69 Å². The lowest BCUT2D eigenvalue weighted by Gasteiger charge is -2.31. The zero-order chi connectivity index (χ0) is 21.2. The fraction of sp³-hybridized carbons (Fsp3) is 0.810. The van der Waals surface area contributed by atoms with Crippen LogP contribution in [0.3, 0.4) is 0 Å². The van der Waals surface area contributed by atoms with Crippen LogP contribution in [-0.4, -0.2) is 74.5 Å². The molecular weight excluding hydrogens is 420 g/mol. The van der Waals surface area contributed by atoms with Crippen LogP contribution in [0.25, 0.3) is 0 Å². The summed E-state index contributed by atoms with van der Waals surface area (Å²) in [5.74, 6) is 2.72. The molecule has 6 rings (SSSR count). The first kappa shape index (κ1) is 20.1. The molecule has 2 saturated carbocycles. The van der Waals surface area contributed by atoms with Crippen LogP contribution in [0.1, 0.15) is 47.8 Å². The van der Waals surface area contributed by atoms with Crippen LogP contribution in [0, 0.1) is 23.7 Å². The molecule has 0 aromatic carbocycles. The van der Waals surface area contributed by atoms with E-state index in [2.05, 4.69) is 15.8 Å². The minimum absolute atomic E-state index is 0.00644. The number of rotatable bonds is 6. The Morgan fingerprint density at radius 3 is 2.71 bits per heavy atom. The van der Waals surface area contributed by atoms with Crippen molar-refractivity contribution in [3.63, 3.8) is 0 Å². The average molecular weight is 451 g/mol. The molecule has 3 aliphatic heterocycles. The van der Waals surface area contributed by atoms with Crippen LogP contribution in [0.2, 0.25) is 0 Å². The summed E-state index contributed by atoms with van der Waals surface area (Å²) in [5.41, 5.74) is 0.287. The first-order valence-corrected chi connectivity index (χ1v) is 13.1. The van der Waals surface area contributed by atoms with Gasteiger partial charge in [0.1, 0.15) is 5.76 Å². The van der Waals surface area contributed by atoms with Gasteiger partial charge in [0.05, 0.1) is 24.9 Å². The van der Waals surface area contributed by atoms with Crippen molar-refractivity contribution >= 4 is 15.9 Å². The highest BCUT2D eigenvalue weighted by Crippen LogP contribution is 2.46. The highest BCUT2D eigenvalue weighted by atomic mass is 32.2. The fourth-order valence-electron chi connectivity index (χ4n) is 6.19. The third-order valence-electron chi connectivity index (χ3n) is 8.03. The summed E-state index contributed by atoms with van der Waals surface area (Å²) < 4.78 is 38.5. The molecule has 31 heavy (non-hydrogen) atoms. The van der Waals surface area contributed by atoms with Gasteiger partial charge in [-0.3, -0.25) is 4.79 Å². The van der Waals surface area contributed by atoms with Crippen molar-refractivity contribution in [3.8, 4) is 0 Å². The van der Waals surface area contributed by atoms with E-state index in [0.29, 0.717) is 49.7 Å². The van der Waals surface area contributed by atoms with E-state index in [-0.39, 0.29) is 41.3 Å². The van der Waals surface area contributed by atoms with Crippen molar-refractivity contribution in [2.75, 3.05) is 38.6 Å². The summed E-state index contributed by atoms with van der Waals surface area (Å²) in [6.07, 6.45) is 3.54. The molecule has 4 heterocycles. The van der Waals surface area contributed by atoms with Crippen LogP contribution < -0.4 is 10.6 Å². The van der Waals surface area contributed by atoms with E-state index in [9.17, 15) is 13.2 Å². The molecule has 0 bridgehead atoms.